The Morgan fingerprint density at radius 2 is 1.83 bits per heavy atom. The molecule has 0 aliphatic carbocycles. The highest BCUT2D eigenvalue weighted by molar-refractivity contribution is 9.10. The Hall–Kier alpha value is -1.99. The summed E-state index contributed by atoms with van der Waals surface area (Å²) in [4.78, 5) is 24.4. The Labute approximate surface area is 150 Å². The van der Waals surface area contributed by atoms with Crippen molar-refractivity contribution in [1.29, 1.82) is 0 Å². The van der Waals surface area contributed by atoms with E-state index >= 15 is 0 Å². The van der Waals surface area contributed by atoms with Crippen molar-refractivity contribution < 1.29 is 18.4 Å². The van der Waals surface area contributed by atoms with Crippen LogP contribution in [0.5, 0.6) is 0 Å². The minimum Gasteiger partial charge on any atom is -0.357 e. The second-order valence-corrected chi connectivity index (χ2v) is 6.14. The van der Waals surface area contributed by atoms with Crippen molar-refractivity contribution in [3.8, 4) is 0 Å². The number of rotatable bonds is 4. The Kier molecular flexibility index (Phi) is 5.90. The van der Waals surface area contributed by atoms with Crippen LogP contribution in [-0.2, 0) is 4.79 Å². The first-order chi connectivity index (χ1) is 11.3. The molecule has 0 saturated heterocycles. The van der Waals surface area contributed by atoms with Crippen LogP contribution < -0.4 is 10.6 Å². The molecule has 2 N–H and O–H groups in total. The van der Waals surface area contributed by atoms with Gasteiger partial charge in [-0.25, -0.2) is 8.78 Å². The van der Waals surface area contributed by atoms with Crippen molar-refractivity contribution in [1.82, 2.24) is 10.6 Å². The van der Waals surface area contributed by atoms with Gasteiger partial charge in [0.1, 0.15) is 6.04 Å². The standard InChI is InChI=1S/C16H12BrClF2N2O2/c1-21-16(24)14(8-2-5-12(19)13(20)6-8)22-15(23)10-4-3-9(17)7-11(10)18/h2-7,14H,1H3,(H,21,24)(H,22,23). The van der Waals surface area contributed by atoms with E-state index in [4.69, 9.17) is 11.6 Å². The van der Waals surface area contributed by atoms with E-state index in [9.17, 15) is 18.4 Å². The number of halogens is 4. The number of nitrogens with one attached hydrogen (secondary N) is 2. The minimum absolute atomic E-state index is 0.106. The molecule has 0 aliphatic heterocycles. The first-order valence-corrected chi connectivity index (χ1v) is 7.93. The summed E-state index contributed by atoms with van der Waals surface area (Å²) in [5, 5.41) is 5.02. The first kappa shape index (κ1) is 18.4. The fourth-order valence-electron chi connectivity index (χ4n) is 2.02. The van der Waals surface area contributed by atoms with Crippen molar-refractivity contribution in [3.05, 3.63) is 68.7 Å². The zero-order chi connectivity index (χ0) is 17.9. The lowest BCUT2D eigenvalue weighted by molar-refractivity contribution is -0.122. The Bertz CT molecular complexity index is 802. The maximum atomic E-state index is 13.4. The topological polar surface area (TPSA) is 58.2 Å². The van der Waals surface area contributed by atoms with Gasteiger partial charge in [-0.1, -0.05) is 33.6 Å². The molecule has 0 radical (unpaired) electrons. The lowest BCUT2D eigenvalue weighted by Gasteiger charge is -2.18. The summed E-state index contributed by atoms with van der Waals surface area (Å²) in [5.74, 6) is -3.36. The highest BCUT2D eigenvalue weighted by atomic mass is 79.9. The molecule has 2 aromatic carbocycles. The van der Waals surface area contributed by atoms with Crippen LogP contribution in [0.2, 0.25) is 5.02 Å². The monoisotopic (exact) mass is 416 g/mol. The first-order valence-electron chi connectivity index (χ1n) is 6.76. The van der Waals surface area contributed by atoms with E-state index < -0.39 is 29.5 Å². The van der Waals surface area contributed by atoms with E-state index in [1.165, 1.54) is 25.2 Å². The molecule has 2 aromatic rings. The molecule has 0 fully saturated rings. The van der Waals surface area contributed by atoms with Gasteiger partial charge in [0, 0.05) is 11.5 Å². The van der Waals surface area contributed by atoms with Crippen molar-refractivity contribution in [3.63, 3.8) is 0 Å². The van der Waals surface area contributed by atoms with E-state index in [0.717, 1.165) is 12.1 Å². The summed E-state index contributed by atoms with van der Waals surface area (Å²) < 4.78 is 27.2. The van der Waals surface area contributed by atoms with Crippen LogP contribution in [0.4, 0.5) is 8.78 Å². The van der Waals surface area contributed by atoms with Crippen molar-refractivity contribution in [2.24, 2.45) is 0 Å². The molecule has 0 heterocycles. The zero-order valence-corrected chi connectivity index (χ0v) is 14.7. The summed E-state index contributed by atoms with van der Waals surface area (Å²) in [6.07, 6.45) is 0. The van der Waals surface area contributed by atoms with Crippen molar-refractivity contribution in [2.45, 2.75) is 6.04 Å². The van der Waals surface area contributed by atoms with E-state index in [0.29, 0.717) is 4.47 Å². The average molecular weight is 418 g/mol. The van der Waals surface area contributed by atoms with Gasteiger partial charge in [-0.05, 0) is 35.9 Å². The molecule has 0 spiro atoms. The molecule has 126 valence electrons. The van der Waals surface area contributed by atoms with Gasteiger partial charge in [0.05, 0.1) is 10.6 Å². The van der Waals surface area contributed by atoms with Crippen molar-refractivity contribution >= 4 is 39.3 Å². The largest absolute Gasteiger partial charge is 0.357 e. The number of carbonyl (C=O) groups is 2. The average Bonchev–Trinajstić information content (AvgIpc) is 2.54. The molecular formula is C16H12BrClF2N2O2. The molecule has 24 heavy (non-hydrogen) atoms. The molecule has 0 saturated carbocycles. The van der Waals surface area contributed by atoms with Gasteiger partial charge in [-0.15, -0.1) is 0 Å². The van der Waals surface area contributed by atoms with Crippen LogP contribution >= 0.6 is 27.5 Å². The fraction of sp³-hybridized carbons (Fsp3) is 0.125. The molecule has 1 unspecified atom stereocenters. The van der Waals surface area contributed by atoms with E-state index in [-0.39, 0.29) is 16.1 Å². The smallest absolute Gasteiger partial charge is 0.253 e. The third-order valence-corrected chi connectivity index (χ3v) is 4.04. The molecule has 0 aliphatic rings. The van der Waals surface area contributed by atoms with E-state index in [1.54, 1.807) is 6.07 Å². The van der Waals surface area contributed by atoms with Gasteiger partial charge in [0.25, 0.3) is 5.91 Å². The number of hydrogen-bond acceptors (Lipinski definition) is 2. The molecule has 2 rings (SSSR count). The third-order valence-electron chi connectivity index (χ3n) is 3.24. The molecule has 4 nitrogen and oxygen atoms in total. The number of carbonyl (C=O) groups excluding carboxylic acids is 2. The Balaban J connectivity index is 2.33. The van der Waals surface area contributed by atoms with Crippen LogP contribution in [0.1, 0.15) is 22.0 Å². The number of benzene rings is 2. The lowest BCUT2D eigenvalue weighted by atomic mass is 10.0. The van der Waals surface area contributed by atoms with Crippen LogP contribution in [-0.4, -0.2) is 18.9 Å². The van der Waals surface area contributed by atoms with Gasteiger partial charge in [-0.3, -0.25) is 9.59 Å². The minimum atomic E-state index is -1.20. The number of likely N-dealkylation sites (N-methyl/N-ethyl adjacent to an activating group) is 1. The molecule has 1 atom stereocenters. The van der Waals surface area contributed by atoms with Gasteiger partial charge in [-0.2, -0.15) is 0 Å². The highest BCUT2D eigenvalue weighted by Crippen LogP contribution is 2.23. The summed E-state index contributed by atoms with van der Waals surface area (Å²) >= 11 is 9.24. The van der Waals surface area contributed by atoms with Gasteiger partial charge >= 0.3 is 0 Å². The van der Waals surface area contributed by atoms with Crippen molar-refractivity contribution in [2.75, 3.05) is 7.05 Å². The maximum absolute atomic E-state index is 13.4. The molecule has 0 aromatic heterocycles. The SMILES string of the molecule is CNC(=O)C(NC(=O)c1ccc(Br)cc1Cl)c1ccc(F)c(F)c1. The maximum Gasteiger partial charge on any atom is 0.253 e. The van der Waals surface area contributed by atoms with Crippen LogP contribution in [0.25, 0.3) is 0 Å². The van der Waals surface area contributed by atoms with Gasteiger partial charge in [0.2, 0.25) is 5.91 Å². The summed E-state index contributed by atoms with van der Waals surface area (Å²) in [5.41, 5.74) is 0.256. The highest BCUT2D eigenvalue weighted by Gasteiger charge is 2.24. The molecular weight excluding hydrogens is 406 g/mol. The summed E-state index contributed by atoms with van der Waals surface area (Å²) in [6, 6.07) is 6.40. The number of hydrogen-bond donors (Lipinski definition) is 2. The van der Waals surface area contributed by atoms with Gasteiger partial charge < -0.3 is 10.6 Å². The molecule has 8 heteroatoms. The third kappa shape index (κ3) is 4.10. The lowest BCUT2D eigenvalue weighted by Crippen LogP contribution is -2.39. The zero-order valence-electron chi connectivity index (χ0n) is 12.4. The van der Waals surface area contributed by atoms with Crippen LogP contribution in [0.15, 0.2) is 40.9 Å². The Morgan fingerprint density at radius 1 is 1.12 bits per heavy atom. The molecule has 0 bridgehead atoms. The fourth-order valence-corrected chi connectivity index (χ4v) is 2.78. The predicted molar refractivity (Wildman–Crippen MR) is 89.8 cm³/mol. The predicted octanol–water partition coefficient (Wildman–Crippen LogP) is 3.60. The molecule has 2 amide bonds. The quantitative estimate of drug-likeness (QED) is 0.799. The normalized spacial score (nSPS) is 11.7. The summed E-state index contributed by atoms with van der Waals surface area (Å²) in [7, 11) is 1.37. The van der Waals surface area contributed by atoms with Gasteiger partial charge in [0.15, 0.2) is 11.6 Å². The van der Waals surface area contributed by atoms with Crippen LogP contribution in [0, 0.1) is 11.6 Å². The van der Waals surface area contributed by atoms with Crippen LogP contribution in [0.3, 0.4) is 0 Å². The second-order valence-electron chi connectivity index (χ2n) is 4.82. The number of amides is 2. The summed E-state index contributed by atoms with van der Waals surface area (Å²) in [6.45, 7) is 0. The van der Waals surface area contributed by atoms with E-state index in [1.807, 2.05) is 0 Å². The second kappa shape index (κ2) is 7.72. The van der Waals surface area contributed by atoms with E-state index in [2.05, 4.69) is 26.6 Å². The Morgan fingerprint density at radius 3 is 2.42 bits per heavy atom.